The van der Waals surface area contributed by atoms with Gasteiger partial charge in [0.2, 0.25) is 0 Å². The number of nitrogens with one attached hydrogen (secondary N) is 1. The van der Waals surface area contributed by atoms with Crippen molar-refractivity contribution in [3.8, 4) is 5.75 Å². The van der Waals surface area contributed by atoms with E-state index >= 15 is 0 Å². The molecular weight excluding hydrogens is 318 g/mol. The summed E-state index contributed by atoms with van der Waals surface area (Å²) in [4.78, 5) is 12.1. The third kappa shape index (κ3) is 6.21. The van der Waals surface area contributed by atoms with Crippen molar-refractivity contribution in [1.82, 2.24) is 5.32 Å². The van der Waals surface area contributed by atoms with Gasteiger partial charge in [-0.05, 0) is 31.0 Å². The van der Waals surface area contributed by atoms with Crippen LogP contribution in [0, 0.1) is 13.8 Å². The van der Waals surface area contributed by atoms with Crippen molar-refractivity contribution in [2.45, 2.75) is 20.0 Å². The molecule has 5 nitrogen and oxygen atoms in total. The maximum Gasteiger partial charge on any atom is 0.258 e. The van der Waals surface area contributed by atoms with Crippen LogP contribution in [0.4, 0.5) is 0 Å². The van der Waals surface area contributed by atoms with Crippen LogP contribution < -0.4 is 10.1 Å². The molecule has 0 radical (unpaired) electrons. The van der Waals surface area contributed by atoms with Gasteiger partial charge >= 0.3 is 0 Å². The van der Waals surface area contributed by atoms with Crippen LogP contribution in [0.15, 0.2) is 48.5 Å². The molecule has 0 aliphatic heterocycles. The molecule has 0 spiro atoms. The second-order valence-electron chi connectivity index (χ2n) is 5.85. The summed E-state index contributed by atoms with van der Waals surface area (Å²) in [6.07, 6.45) is -0.310. The van der Waals surface area contributed by atoms with E-state index in [1.807, 2.05) is 62.4 Å². The van der Waals surface area contributed by atoms with Gasteiger partial charge in [0, 0.05) is 6.54 Å². The third-order valence-corrected chi connectivity index (χ3v) is 3.80. The molecule has 134 valence electrons. The summed E-state index contributed by atoms with van der Waals surface area (Å²) in [5.74, 6) is 0.484. The quantitative estimate of drug-likeness (QED) is 0.734. The van der Waals surface area contributed by atoms with Gasteiger partial charge in [0.25, 0.3) is 5.91 Å². The molecule has 0 saturated carbocycles. The SMILES string of the molecule is Cc1ccc([C@H](CNC(=O)COc2ccccc2C)OCCO)cc1. The number of hydrogen-bond acceptors (Lipinski definition) is 4. The monoisotopic (exact) mass is 343 g/mol. The van der Waals surface area contributed by atoms with Crippen molar-refractivity contribution in [3.63, 3.8) is 0 Å². The van der Waals surface area contributed by atoms with Gasteiger partial charge in [-0.15, -0.1) is 0 Å². The summed E-state index contributed by atoms with van der Waals surface area (Å²) in [6, 6.07) is 15.5. The first-order valence-corrected chi connectivity index (χ1v) is 8.34. The molecule has 1 atom stereocenters. The maximum atomic E-state index is 12.1. The number of aliphatic hydroxyl groups excluding tert-OH is 1. The number of carbonyl (C=O) groups is 1. The Morgan fingerprint density at radius 1 is 1.12 bits per heavy atom. The smallest absolute Gasteiger partial charge is 0.258 e. The second-order valence-corrected chi connectivity index (χ2v) is 5.85. The maximum absolute atomic E-state index is 12.1. The number of ether oxygens (including phenoxy) is 2. The van der Waals surface area contributed by atoms with Crippen molar-refractivity contribution >= 4 is 5.91 Å². The molecule has 2 aromatic carbocycles. The lowest BCUT2D eigenvalue weighted by Crippen LogP contribution is -2.33. The summed E-state index contributed by atoms with van der Waals surface area (Å²) in [5.41, 5.74) is 3.10. The molecule has 0 heterocycles. The van der Waals surface area contributed by atoms with Crippen molar-refractivity contribution in [3.05, 3.63) is 65.2 Å². The Morgan fingerprint density at radius 2 is 1.84 bits per heavy atom. The number of amides is 1. The summed E-state index contributed by atoms with van der Waals surface area (Å²) in [7, 11) is 0. The van der Waals surface area contributed by atoms with Crippen molar-refractivity contribution in [2.75, 3.05) is 26.4 Å². The fourth-order valence-electron chi connectivity index (χ4n) is 2.37. The molecular formula is C20H25NO4. The Bertz CT molecular complexity index is 670. The van der Waals surface area contributed by atoms with E-state index in [4.69, 9.17) is 14.6 Å². The van der Waals surface area contributed by atoms with Crippen LogP contribution in [-0.2, 0) is 9.53 Å². The molecule has 1 amide bonds. The van der Waals surface area contributed by atoms with E-state index in [-0.39, 0.29) is 31.8 Å². The molecule has 2 aromatic rings. The highest BCUT2D eigenvalue weighted by atomic mass is 16.5. The lowest BCUT2D eigenvalue weighted by Gasteiger charge is -2.19. The number of aliphatic hydroxyl groups is 1. The minimum absolute atomic E-state index is 0.0501. The van der Waals surface area contributed by atoms with Crippen LogP contribution in [-0.4, -0.2) is 37.4 Å². The van der Waals surface area contributed by atoms with Gasteiger partial charge in [0.15, 0.2) is 6.61 Å². The third-order valence-electron chi connectivity index (χ3n) is 3.80. The van der Waals surface area contributed by atoms with E-state index < -0.39 is 0 Å². The van der Waals surface area contributed by atoms with Gasteiger partial charge in [0.05, 0.1) is 19.3 Å². The molecule has 0 saturated heterocycles. The highest BCUT2D eigenvalue weighted by Crippen LogP contribution is 2.18. The van der Waals surface area contributed by atoms with E-state index in [2.05, 4.69) is 5.32 Å². The number of hydrogen-bond donors (Lipinski definition) is 2. The zero-order chi connectivity index (χ0) is 18.1. The molecule has 0 unspecified atom stereocenters. The summed E-state index contributed by atoms with van der Waals surface area (Å²) in [5, 5.41) is 11.8. The lowest BCUT2D eigenvalue weighted by molar-refractivity contribution is -0.123. The molecule has 0 bridgehead atoms. The van der Waals surface area contributed by atoms with Gasteiger partial charge in [-0.2, -0.15) is 0 Å². The van der Waals surface area contributed by atoms with Crippen LogP contribution in [0.25, 0.3) is 0 Å². The highest BCUT2D eigenvalue weighted by Gasteiger charge is 2.14. The van der Waals surface area contributed by atoms with E-state index in [1.54, 1.807) is 0 Å². The van der Waals surface area contributed by atoms with Crippen LogP contribution >= 0.6 is 0 Å². The van der Waals surface area contributed by atoms with E-state index in [1.165, 1.54) is 0 Å². The van der Waals surface area contributed by atoms with Crippen LogP contribution in [0.1, 0.15) is 22.8 Å². The average Bonchev–Trinajstić information content (AvgIpc) is 2.62. The summed E-state index contributed by atoms with van der Waals surface area (Å²) in [6.45, 7) is 4.37. The van der Waals surface area contributed by atoms with Crippen molar-refractivity contribution in [2.24, 2.45) is 0 Å². The highest BCUT2D eigenvalue weighted by molar-refractivity contribution is 5.77. The topological polar surface area (TPSA) is 67.8 Å². The standard InChI is InChI=1S/C20H25NO4/c1-15-7-9-17(10-8-15)19(24-12-11-22)13-21-20(23)14-25-18-6-4-3-5-16(18)2/h3-10,19,22H,11-14H2,1-2H3,(H,21,23)/t19-/m0/s1. The fourth-order valence-corrected chi connectivity index (χ4v) is 2.37. The van der Waals surface area contributed by atoms with Gasteiger partial charge in [-0.1, -0.05) is 48.0 Å². The zero-order valence-electron chi connectivity index (χ0n) is 14.7. The fraction of sp³-hybridized carbons (Fsp3) is 0.350. The van der Waals surface area contributed by atoms with Crippen molar-refractivity contribution < 1.29 is 19.4 Å². The first-order chi connectivity index (χ1) is 12.1. The Labute approximate surface area is 148 Å². The molecule has 2 N–H and O–H groups in total. The first-order valence-electron chi connectivity index (χ1n) is 8.34. The van der Waals surface area contributed by atoms with E-state index in [0.717, 1.165) is 16.7 Å². The predicted octanol–water partition coefficient (Wildman–Crippen LogP) is 2.55. The molecule has 5 heteroatoms. The summed E-state index contributed by atoms with van der Waals surface area (Å²) < 4.78 is 11.2. The molecule has 0 aliphatic carbocycles. The van der Waals surface area contributed by atoms with Gasteiger partial charge in [-0.3, -0.25) is 4.79 Å². The Kier molecular flexibility index (Phi) is 7.44. The lowest BCUT2D eigenvalue weighted by atomic mass is 10.1. The van der Waals surface area contributed by atoms with Crippen molar-refractivity contribution in [1.29, 1.82) is 0 Å². The summed E-state index contributed by atoms with van der Waals surface area (Å²) >= 11 is 0. The van der Waals surface area contributed by atoms with Crippen LogP contribution in [0.5, 0.6) is 5.75 Å². The number of benzene rings is 2. The largest absolute Gasteiger partial charge is 0.484 e. The molecule has 0 aromatic heterocycles. The van der Waals surface area contributed by atoms with E-state index in [0.29, 0.717) is 12.3 Å². The number of carbonyl (C=O) groups excluding carboxylic acids is 1. The van der Waals surface area contributed by atoms with Crippen LogP contribution in [0.3, 0.4) is 0 Å². The number of para-hydroxylation sites is 1. The molecule has 0 fully saturated rings. The molecule has 0 aliphatic rings. The molecule has 2 rings (SSSR count). The van der Waals surface area contributed by atoms with Gasteiger partial charge in [0.1, 0.15) is 5.75 Å². The first kappa shape index (κ1) is 19.0. The van der Waals surface area contributed by atoms with Gasteiger partial charge < -0.3 is 19.9 Å². The number of rotatable bonds is 9. The van der Waals surface area contributed by atoms with E-state index in [9.17, 15) is 4.79 Å². The Balaban J connectivity index is 1.87. The number of aryl methyl sites for hydroxylation is 2. The Hall–Kier alpha value is -2.37. The zero-order valence-corrected chi connectivity index (χ0v) is 14.7. The minimum atomic E-state index is -0.310. The average molecular weight is 343 g/mol. The molecule has 25 heavy (non-hydrogen) atoms. The normalized spacial score (nSPS) is 11.8. The Morgan fingerprint density at radius 3 is 2.52 bits per heavy atom. The van der Waals surface area contributed by atoms with Crippen LogP contribution in [0.2, 0.25) is 0 Å². The second kappa shape index (κ2) is 9.81. The minimum Gasteiger partial charge on any atom is -0.484 e. The predicted molar refractivity (Wildman–Crippen MR) is 96.6 cm³/mol. The van der Waals surface area contributed by atoms with Gasteiger partial charge in [-0.25, -0.2) is 0 Å².